The van der Waals surface area contributed by atoms with Crippen LogP contribution in [0, 0.1) is 5.41 Å². The molecule has 2 N–H and O–H groups in total. The molecule has 1 aromatic carbocycles. The Balaban J connectivity index is 1.63. The summed E-state index contributed by atoms with van der Waals surface area (Å²) in [4.78, 5) is 14.6. The zero-order valence-corrected chi connectivity index (χ0v) is 13.9. The van der Waals surface area contributed by atoms with Gasteiger partial charge in [0.2, 0.25) is 5.91 Å². The van der Waals surface area contributed by atoms with Crippen LogP contribution in [0.5, 0.6) is 0 Å². The van der Waals surface area contributed by atoms with Crippen molar-refractivity contribution in [1.29, 1.82) is 0 Å². The van der Waals surface area contributed by atoms with Gasteiger partial charge in [-0.25, -0.2) is 0 Å². The molecule has 0 bridgehead atoms. The van der Waals surface area contributed by atoms with Crippen LogP contribution in [0.2, 0.25) is 0 Å². The van der Waals surface area contributed by atoms with Crippen molar-refractivity contribution in [2.75, 3.05) is 26.3 Å². The summed E-state index contributed by atoms with van der Waals surface area (Å²) >= 11 is 0. The van der Waals surface area contributed by atoms with E-state index >= 15 is 0 Å². The van der Waals surface area contributed by atoms with Gasteiger partial charge in [0.05, 0.1) is 6.04 Å². The Labute approximate surface area is 139 Å². The van der Waals surface area contributed by atoms with E-state index in [1.165, 1.54) is 5.56 Å². The van der Waals surface area contributed by atoms with Crippen molar-refractivity contribution in [2.45, 2.75) is 44.6 Å². The standard InChI is InChI=1S/C19H28N2O2/c20-18(22)17-19(10-14-23-15-11-19)9-5-13-21(17)12-4-8-16-6-2-1-3-7-16/h1-3,6-7,17H,4-5,8-15H2,(H2,20,22). The van der Waals surface area contributed by atoms with Gasteiger partial charge in [0, 0.05) is 13.2 Å². The minimum absolute atomic E-state index is 0.0507. The molecule has 3 rings (SSSR count). The van der Waals surface area contributed by atoms with Crippen molar-refractivity contribution in [3.8, 4) is 0 Å². The lowest BCUT2D eigenvalue weighted by molar-refractivity contribution is -0.137. The van der Waals surface area contributed by atoms with Crippen LogP contribution in [0.15, 0.2) is 30.3 Å². The highest BCUT2D eigenvalue weighted by molar-refractivity contribution is 5.81. The molecule has 4 heteroatoms. The molecule has 1 atom stereocenters. The summed E-state index contributed by atoms with van der Waals surface area (Å²) in [6.45, 7) is 3.47. The van der Waals surface area contributed by atoms with E-state index in [0.717, 1.165) is 64.8 Å². The van der Waals surface area contributed by atoms with Gasteiger partial charge >= 0.3 is 0 Å². The first-order valence-electron chi connectivity index (χ1n) is 8.86. The van der Waals surface area contributed by atoms with Crippen molar-refractivity contribution in [2.24, 2.45) is 11.1 Å². The Morgan fingerprint density at radius 2 is 1.96 bits per heavy atom. The predicted octanol–water partition coefficient (Wildman–Crippen LogP) is 2.37. The van der Waals surface area contributed by atoms with Crippen LogP contribution < -0.4 is 5.73 Å². The Kier molecular flexibility index (Phi) is 5.34. The minimum Gasteiger partial charge on any atom is -0.381 e. The molecule has 0 aliphatic carbocycles. The number of rotatable bonds is 5. The normalized spacial score (nSPS) is 24.6. The second-order valence-electron chi connectivity index (χ2n) is 7.01. The SMILES string of the molecule is NC(=O)C1N(CCCc2ccccc2)CCCC12CCOCC2. The first-order chi connectivity index (χ1) is 11.2. The van der Waals surface area contributed by atoms with E-state index in [1.54, 1.807) is 0 Å². The first-order valence-corrected chi connectivity index (χ1v) is 8.86. The van der Waals surface area contributed by atoms with Gasteiger partial charge in [0.1, 0.15) is 0 Å². The molecule has 0 saturated carbocycles. The molecule has 1 spiro atoms. The summed E-state index contributed by atoms with van der Waals surface area (Å²) in [7, 11) is 0. The summed E-state index contributed by atoms with van der Waals surface area (Å²) in [6, 6.07) is 10.4. The van der Waals surface area contributed by atoms with Crippen LogP contribution in [0.25, 0.3) is 0 Å². The average Bonchev–Trinajstić information content (AvgIpc) is 2.56. The Morgan fingerprint density at radius 3 is 2.65 bits per heavy atom. The number of hydrogen-bond donors (Lipinski definition) is 1. The van der Waals surface area contributed by atoms with E-state index in [0.29, 0.717) is 0 Å². The van der Waals surface area contributed by atoms with E-state index in [-0.39, 0.29) is 17.4 Å². The van der Waals surface area contributed by atoms with Gasteiger partial charge in [0.25, 0.3) is 0 Å². The number of likely N-dealkylation sites (tertiary alicyclic amines) is 1. The first kappa shape index (κ1) is 16.5. The number of ether oxygens (including phenoxy) is 1. The number of aryl methyl sites for hydroxylation is 1. The second-order valence-corrected chi connectivity index (χ2v) is 7.01. The van der Waals surface area contributed by atoms with Crippen LogP contribution in [0.3, 0.4) is 0 Å². The summed E-state index contributed by atoms with van der Waals surface area (Å²) in [5.41, 5.74) is 7.24. The van der Waals surface area contributed by atoms with Gasteiger partial charge in [-0.05, 0) is 62.6 Å². The number of nitrogens with zero attached hydrogens (tertiary/aromatic N) is 1. The maximum atomic E-state index is 12.2. The van der Waals surface area contributed by atoms with Gasteiger partial charge in [-0.3, -0.25) is 9.69 Å². The summed E-state index contributed by atoms with van der Waals surface area (Å²) < 4.78 is 5.53. The molecule has 1 aromatic rings. The van der Waals surface area contributed by atoms with Gasteiger partial charge in [-0.15, -0.1) is 0 Å². The van der Waals surface area contributed by atoms with Gasteiger partial charge < -0.3 is 10.5 Å². The van der Waals surface area contributed by atoms with Crippen molar-refractivity contribution < 1.29 is 9.53 Å². The number of piperidine rings is 1. The monoisotopic (exact) mass is 316 g/mol. The number of primary amides is 1. The molecule has 2 fully saturated rings. The Hall–Kier alpha value is -1.39. The molecule has 2 heterocycles. The highest BCUT2D eigenvalue weighted by Gasteiger charge is 2.48. The van der Waals surface area contributed by atoms with E-state index < -0.39 is 0 Å². The third-order valence-corrected chi connectivity index (χ3v) is 5.58. The molecule has 23 heavy (non-hydrogen) atoms. The third kappa shape index (κ3) is 3.75. The third-order valence-electron chi connectivity index (χ3n) is 5.58. The highest BCUT2D eigenvalue weighted by atomic mass is 16.5. The van der Waals surface area contributed by atoms with Crippen molar-refractivity contribution in [3.05, 3.63) is 35.9 Å². The fourth-order valence-corrected chi connectivity index (χ4v) is 4.44. The Morgan fingerprint density at radius 1 is 1.22 bits per heavy atom. The molecule has 1 amide bonds. The lowest BCUT2D eigenvalue weighted by atomic mass is 9.67. The minimum atomic E-state index is -0.147. The topological polar surface area (TPSA) is 55.6 Å². The quantitative estimate of drug-likeness (QED) is 0.907. The lowest BCUT2D eigenvalue weighted by Gasteiger charge is -2.50. The lowest BCUT2D eigenvalue weighted by Crippen LogP contribution is -2.60. The predicted molar refractivity (Wildman–Crippen MR) is 91.0 cm³/mol. The van der Waals surface area contributed by atoms with E-state index in [1.807, 2.05) is 6.07 Å². The largest absolute Gasteiger partial charge is 0.381 e. The van der Waals surface area contributed by atoms with Crippen LogP contribution >= 0.6 is 0 Å². The summed E-state index contributed by atoms with van der Waals surface area (Å²) in [6.07, 6.45) is 6.33. The van der Waals surface area contributed by atoms with Crippen molar-refractivity contribution in [3.63, 3.8) is 0 Å². The van der Waals surface area contributed by atoms with Crippen LogP contribution in [0.4, 0.5) is 0 Å². The van der Waals surface area contributed by atoms with E-state index in [4.69, 9.17) is 10.5 Å². The van der Waals surface area contributed by atoms with Crippen LogP contribution in [-0.4, -0.2) is 43.2 Å². The van der Waals surface area contributed by atoms with Gasteiger partial charge in [0.15, 0.2) is 0 Å². The molecule has 4 nitrogen and oxygen atoms in total. The number of hydrogen-bond acceptors (Lipinski definition) is 3. The van der Waals surface area contributed by atoms with Crippen LogP contribution in [-0.2, 0) is 16.0 Å². The molecular weight excluding hydrogens is 288 g/mol. The molecule has 0 aromatic heterocycles. The van der Waals surface area contributed by atoms with Crippen molar-refractivity contribution >= 4 is 5.91 Å². The fraction of sp³-hybridized carbons (Fsp3) is 0.632. The number of amides is 1. The second kappa shape index (κ2) is 7.45. The fourth-order valence-electron chi connectivity index (χ4n) is 4.44. The van der Waals surface area contributed by atoms with Crippen LogP contribution in [0.1, 0.15) is 37.7 Å². The number of nitrogens with two attached hydrogens (primary N) is 1. The van der Waals surface area contributed by atoms with E-state index in [9.17, 15) is 4.79 Å². The van der Waals surface area contributed by atoms with Crippen molar-refractivity contribution in [1.82, 2.24) is 4.90 Å². The summed E-state index contributed by atoms with van der Waals surface area (Å²) in [5.74, 6) is -0.147. The zero-order chi connectivity index (χ0) is 16.1. The van der Waals surface area contributed by atoms with Gasteiger partial charge in [-0.1, -0.05) is 30.3 Å². The van der Waals surface area contributed by atoms with E-state index in [2.05, 4.69) is 29.2 Å². The highest BCUT2D eigenvalue weighted by Crippen LogP contribution is 2.44. The Bertz CT molecular complexity index is 506. The maximum Gasteiger partial charge on any atom is 0.235 e. The summed E-state index contributed by atoms with van der Waals surface area (Å²) in [5, 5.41) is 0. The maximum absolute atomic E-state index is 12.2. The molecule has 126 valence electrons. The molecule has 2 aliphatic heterocycles. The molecule has 1 unspecified atom stereocenters. The molecular formula is C19H28N2O2. The zero-order valence-electron chi connectivity index (χ0n) is 13.9. The molecule has 2 aliphatic rings. The number of carbonyl (C=O) groups excluding carboxylic acids is 1. The van der Waals surface area contributed by atoms with Gasteiger partial charge in [-0.2, -0.15) is 0 Å². The number of carbonyl (C=O) groups is 1. The molecule has 2 saturated heterocycles. The molecule has 0 radical (unpaired) electrons. The smallest absolute Gasteiger partial charge is 0.235 e. The number of benzene rings is 1. The average molecular weight is 316 g/mol.